The molecule has 2 rings (SSSR count). The van der Waals surface area contributed by atoms with Crippen LogP contribution in [0.15, 0.2) is 58.8 Å². The van der Waals surface area contributed by atoms with Gasteiger partial charge < -0.3 is 9.84 Å². The molecular weight excluding hydrogens is 306 g/mol. The molecule has 0 aliphatic carbocycles. The third-order valence-corrected chi connectivity index (χ3v) is 3.22. The molecule has 0 spiro atoms. The Morgan fingerprint density at radius 2 is 1.67 bits per heavy atom. The van der Waals surface area contributed by atoms with Crippen LogP contribution in [0.1, 0.15) is 25.3 Å². The highest BCUT2D eigenvalue weighted by Gasteiger charge is 2.07. The topological polar surface area (TPSA) is 95.0 Å². The highest BCUT2D eigenvalue weighted by Crippen LogP contribution is 2.22. The molecule has 0 amide bonds. The van der Waals surface area contributed by atoms with Crippen LogP contribution >= 0.6 is 0 Å². The zero-order chi connectivity index (χ0) is 17.4. The van der Waals surface area contributed by atoms with Crippen LogP contribution in [-0.2, 0) is 4.79 Å². The predicted molar refractivity (Wildman–Crippen MR) is 88.7 cm³/mol. The fourth-order valence-electron chi connectivity index (χ4n) is 1.93. The van der Waals surface area contributed by atoms with E-state index >= 15 is 0 Å². The van der Waals surface area contributed by atoms with Crippen molar-refractivity contribution in [1.29, 1.82) is 5.26 Å². The van der Waals surface area contributed by atoms with Gasteiger partial charge in [0.2, 0.25) is 0 Å². The molecular formula is C18H17N3O3. The molecule has 0 bridgehead atoms. The van der Waals surface area contributed by atoms with Gasteiger partial charge in [-0.1, -0.05) is 0 Å². The predicted octanol–water partition coefficient (Wildman–Crippen LogP) is 4.61. The first-order valence-electron chi connectivity index (χ1n) is 7.47. The van der Waals surface area contributed by atoms with Crippen molar-refractivity contribution in [1.82, 2.24) is 0 Å². The van der Waals surface area contributed by atoms with E-state index in [-0.39, 0.29) is 12.5 Å². The van der Waals surface area contributed by atoms with E-state index in [4.69, 9.17) is 15.1 Å². The van der Waals surface area contributed by atoms with Crippen molar-refractivity contribution in [2.75, 3.05) is 0 Å². The lowest BCUT2D eigenvalue weighted by atomic mass is 10.2. The molecule has 0 aliphatic heterocycles. The first kappa shape index (κ1) is 17.2. The Labute approximate surface area is 140 Å². The summed E-state index contributed by atoms with van der Waals surface area (Å²) >= 11 is 0. The summed E-state index contributed by atoms with van der Waals surface area (Å²) in [7, 11) is 0. The Morgan fingerprint density at radius 3 is 2.17 bits per heavy atom. The number of benzene rings is 2. The number of nitriles is 1. The molecule has 0 heterocycles. The van der Waals surface area contributed by atoms with Crippen molar-refractivity contribution >= 4 is 17.3 Å². The Kier molecular flexibility index (Phi) is 6.03. The number of ether oxygens (including phenoxy) is 1. The Balaban J connectivity index is 1.92. The number of hydrogen-bond acceptors (Lipinski definition) is 5. The average Bonchev–Trinajstić information content (AvgIpc) is 2.60. The van der Waals surface area contributed by atoms with Crippen molar-refractivity contribution in [2.45, 2.75) is 25.9 Å². The summed E-state index contributed by atoms with van der Waals surface area (Å²) < 4.78 is 5.64. The zero-order valence-corrected chi connectivity index (χ0v) is 13.2. The van der Waals surface area contributed by atoms with Crippen LogP contribution in [0, 0.1) is 11.3 Å². The number of rotatable bonds is 7. The third kappa shape index (κ3) is 5.54. The molecule has 0 aliphatic rings. The molecule has 1 unspecified atom stereocenters. The lowest BCUT2D eigenvalue weighted by molar-refractivity contribution is -0.137. The molecule has 0 fully saturated rings. The van der Waals surface area contributed by atoms with Gasteiger partial charge in [-0.2, -0.15) is 15.5 Å². The Morgan fingerprint density at radius 1 is 1.12 bits per heavy atom. The SMILES string of the molecule is CC(CCC(=O)O)Oc1ccc(/N=N/c2ccc(C#N)cc2)cc1. The summed E-state index contributed by atoms with van der Waals surface area (Å²) in [5.74, 6) is -0.172. The number of carbonyl (C=O) groups is 1. The summed E-state index contributed by atoms with van der Waals surface area (Å²) in [6.45, 7) is 1.83. The average molecular weight is 323 g/mol. The highest BCUT2D eigenvalue weighted by molar-refractivity contribution is 5.66. The van der Waals surface area contributed by atoms with E-state index in [2.05, 4.69) is 10.2 Å². The molecule has 122 valence electrons. The minimum Gasteiger partial charge on any atom is -0.491 e. The molecule has 2 aromatic carbocycles. The first-order valence-corrected chi connectivity index (χ1v) is 7.47. The van der Waals surface area contributed by atoms with Crippen molar-refractivity contribution in [3.63, 3.8) is 0 Å². The standard InChI is InChI=1S/C18H17N3O3/c1-13(2-11-18(22)23)24-17-9-7-16(8-10-17)21-20-15-5-3-14(12-19)4-6-15/h3-10,13H,2,11H2,1H3,(H,22,23)/b21-20+. The number of nitrogens with zero attached hydrogens (tertiary/aromatic N) is 3. The molecule has 6 nitrogen and oxygen atoms in total. The van der Waals surface area contributed by atoms with Crippen LogP contribution in [-0.4, -0.2) is 17.2 Å². The molecule has 1 atom stereocenters. The van der Waals surface area contributed by atoms with Crippen molar-refractivity contribution in [3.05, 3.63) is 54.1 Å². The third-order valence-electron chi connectivity index (χ3n) is 3.22. The number of hydrogen-bond donors (Lipinski definition) is 1. The maximum atomic E-state index is 10.5. The second kappa shape index (κ2) is 8.44. The summed E-state index contributed by atoms with van der Waals surface area (Å²) in [6, 6.07) is 15.9. The van der Waals surface area contributed by atoms with Gasteiger partial charge >= 0.3 is 5.97 Å². The summed E-state index contributed by atoms with van der Waals surface area (Å²) in [5, 5.41) is 25.6. The fraction of sp³-hybridized carbons (Fsp3) is 0.222. The van der Waals surface area contributed by atoms with Gasteiger partial charge in [0, 0.05) is 6.42 Å². The number of carboxylic acids is 1. The van der Waals surface area contributed by atoms with Crippen LogP contribution in [0.25, 0.3) is 0 Å². The summed E-state index contributed by atoms with van der Waals surface area (Å²) in [4.78, 5) is 10.5. The smallest absolute Gasteiger partial charge is 0.303 e. The second-order valence-corrected chi connectivity index (χ2v) is 5.21. The van der Waals surface area contributed by atoms with E-state index in [0.29, 0.717) is 29.1 Å². The van der Waals surface area contributed by atoms with Gasteiger partial charge in [0.1, 0.15) is 5.75 Å². The Hall–Kier alpha value is -3.20. The molecule has 1 N–H and O–H groups in total. The van der Waals surface area contributed by atoms with E-state index in [1.54, 1.807) is 48.5 Å². The van der Waals surface area contributed by atoms with Crippen LogP contribution in [0.5, 0.6) is 5.75 Å². The van der Waals surface area contributed by atoms with Gasteiger partial charge in [-0.05, 0) is 61.9 Å². The lowest BCUT2D eigenvalue weighted by Crippen LogP contribution is -2.13. The van der Waals surface area contributed by atoms with E-state index in [0.717, 1.165) is 0 Å². The molecule has 0 saturated heterocycles. The van der Waals surface area contributed by atoms with E-state index < -0.39 is 5.97 Å². The van der Waals surface area contributed by atoms with Gasteiger partial charge in [0.05, 0.1) is 29.1 Å². The van der Waals surface area contributed by atoms with Gasteiger partial charge in [-0.15, -0.1) is 0 Å². The van der Waals surface area contributed by atoms with Crippen LogP contribution in [0.4, 0.5) is 11.4 Å². The number of azo groups is 1. The summed E-state index contributed by atoms with van der Waals surface area (Å²) in [6.07, 6.45) is 0.361. The monoisotopic (exact) mass is 323 g/mol. The minimum atomic E-state index is -0.830. The molecule has 0 aromatic heterocycles. The van der Waals surface area contributed by atoms with Crippen LogP contribution in [0.2, 0.25) is 0 Å². The maximum absolute atomic E-state index is 10.5. The quantitative estimate of drug-likeness (QED) is 0.753. The van der Waals surface area contributed by atoms with Crippen LogP contribution in [0.3, 0.4) is 0 Å². The van der Waals surface area contributed by atoms with E-state index in [1.165, 1.54) is 0 Å². The van der Waals surface area contributed by atoms with Crippen LogP contribution < -0.4 is 4.74 Å². The van der Waals surface area contributed by atoms with Crippen molar-refractivity contribution in [2.24, 2.45) is 10.2 Å². The highest BCUT2D eigenvalue weighted by atomic mass is 16.5. The molecule has 0 saturated carbocycles. The molecule has 6 heteroatoms. The molecule has 2 aromatic rings. The largest absolute Gasteiger partial charge is 0.491 e. The minimum absolute atomic E-state index is 0.0814. The van der Waals surface area contributed by atoms with Gasteiger partial charge in [0.25, 0.3) is 0 Å². The zero-order valence-electron chi connectivity index (χ0n) is 13.2. The van der Waals surface area contributed by atoms with E-state index in [9.17, 15) is 4.79 Å². The lowest BCUT2D eigenvalue weighted by Gasteiger charge is -2.13. The van der Waals surface area contributed by atoms with Crippen molar-refractivity contribution in [3.8, 4) is 11.8 Å². The maximum Gasteiger partial charge on any atom is 0.303 e. The van der Waals surface area contributed by atoms with Crippen molar-refractivity contribution < 1.29 is 14.6 Å². The fourth-order valence-corrected chi connectivity index (χ4v) is 1.93. The van der Waals surface area contributed by atoms with E-state index in [1.807, 2.05) is 13.0 Å². The van der Waals surface area contributed by atoms with Gasteiger partial charge in [0.15, 0.2) is 0 Å². The Bertz CT molecular complexity index is 747. The molecule has 0 radical (unpaired) electrons. The number of carboxylic acid groups (broad SMARTS) is 1. The normalized spacial score (nSPS) is 11.8. The number of aliphatic carboxylic acids is 1. The second-order valence-electron chi connectivity index (χ2n) is 5.21. The summed E-state index contributed by atoms with van der Waals surface area (Å²) in [5.41, 5.74) is 1.91. The van der Waals surface area contributed by atoms with Gasteiger partial charge in [-0.25, -0.2) is 0 Å². The molecule has 24 heavy (non-hydrogen) atoms. The van der Waals surface area contributed by atoms with Gasteiger partial charge in [-0.3, -0.25) is 4.79 Å². The first-order chi connectivity index (χ1) is 11.6.